The van der Waals surface area contributed by atoms with Gasteiger partial charge in [-0.2, -0.15) is 0 Å². The number of aliphatic hydroxyl groups excluding tert-OH is 1. The number of aliphatic hydroxyl groups is 1. The van der Waals surface area contributed by atoms with Crippen LogP contribution < -0.4 is 11.1 Å². The zero-order valence-electron chi connectivity index (χ0n) is 9.54. The van der Waals surface area contributed by atoms with Gasteiger partial charge in [-0.25, -0.2) is 4.39 Å². The van der Waals surface area contributed by atoms with E-state index in [1.807, 2.05) is 6.92 Å². The fourth-order valence-corrected chi connectivity index (χ4v) is 1.66. The minimum Gasteiger partial charge on any atom is -0.396 e. The Morgan fingerprint density at radius 3 is 2.88 bits per heavy atom. The summed E-state index contributed by atoms with van der Waals surface area (Å²) in [6.07, 6.45) is 0.671. The molecule has 0 saturated heterocycles. The van der Waals surface area contributed by atoms with Gasteiger partial charge in [0.05, 0.1) is 0 Å². The van der Waals surface area contributed by atoms with Crippen LogP contribution in [0.5, 0.6) is 0 Å². The van der Waals surface area contributed by atoms with Crippen LogP contribution in [0.25, 0.3) is 0 Å². The first-order chi connectivity index (χ1) is 7.69. The average molecular weight is 226 g/mol. The molecule has 0 amide bonds. The van der Waals surface area contributed by atoms with Crippen LogP contribution in [0.15, 0.2) is 18.2 Å². The molecule has 0 aromatic heterocycles. The molecular weight excluding hydrogens is 207 g/mol. The number of aryl methyl sites for hydroxylation is 1. The lowest BCUT2D eigenvalue weighted by Crippen LogP contribution is -2.30. The summed E-state index contributed by atoms with van der Waals surface area (Å²) in [6.45, 7) is 3.17. The zero-order valence-corrected chi connectivity index (χ0v) is 9.54. The molecule has 4 heteroatoms. The van der Waals surface area contributed by atoms with Gasteiger partial charge >= 0.3 is 0 Å². The fraction of sp³-hybridized carbons (Fsp3) is 0.500. The first kappa shape index (κ1) is 13.1. The van der Waals surface area contributed by atoms with E-state index in [2.05, 4.69) is 5.32 Å². The van der Waals surface area contributed by atoms with Crippen LogP contribution in [-0.4, -0.2) is 24.8 Å². The zero-order chi connectivity index (χ0) is 12.0. The topological polar surface area (TPSA) is 58.3 Å². The maximum atomic E-state index is 13.1. The van der Waals surface area contributed by atoms with Crippen LogP contribution in [0.3, 0.4) is 0 Å². The van der Waals surface area contributed by atoms with Crippen molar-refractivity contribution in [3.8, 4) is 0 Å². The molecular formula is C12H19FN2O. The van der Waals surface area contributed by atoms with Gasteiger partial charge in [0.15, 0.2) is 0 Å². The van der Waals surface area contributed by atoms with E-state index in [1.165, 1.54) is 12.1 Å². The van der Waals surface area contributed by atoms with Gasteiger partial charge in [0, 0.05) is 19.2 Å². The summed E-state index contributed by atoms with van der Waals surface area (Å²) >= 11 is 0. The Balaban J connectivity index is 2.73. The van der Waals surface area contributed by atoms with Crippen LogP contribution in [0.1, 0.15) is 23.6 Å². The second-order valence-electron chi connectivity index (χ2n) is 3.82. The summed E-state index contributed by atoms with van der Waals surface area (Å²) in [5.74, 6) is -0.247. The summed E-state index contributed by atoms with van der Waals surface area (Å²) in [4.78, 5) is 0. The highest BCUT2D eigenvalue weighted by atomic mass is 19.1. The molecule has 1 aromatic carbocycles. The lowest BCUT2D eigenvalue weighted by atomic mass is 10.0. The third-order valence-corrected chi connectivity index (χ3v) is 2.58. The molecule has 1 rings (SSSR count). The summed E-state index contributed by atoms with van der Waals surface area (Å²) < 4.78 is 13.1. The van der Waals surface area contributed by atoms with Crippen molar-refractivity contribution in [3.05, 3.63) is 35.1 Å². The molecule has 3 nitrogen and oxygen atoms in total. The van der Waals surface area contributed by atoms with Gasteiger partial charge in [-0.05, 0) is 43.1 Å². The Kier molecular flexibility index (Phi) is 5.38. The number of hydrogen-bond donors (Lipinski definition) is 3. The lowest BCUT2D eigenvalue weighted by molar-refractivity contribution is 0.283. The number of rotatable bonds is 6. The van der Waals surface area contributed by atoms with Crippen LogP contribution in [0.4, 0.5) is 4.39 Å². The lowest BCUT2D eigenvalue weighted by Gasteiger charge is -2.19. The summed E-state index contributed by atoms with van der Waals surface area (Å²) in [5.41, 5.74) is 7.57. The molecule has 90 valence electrons. The van der Waals surface area contributed by atoms with Crippen molar-refractivity contribution in [2.45, 2.75) is 19.4 Å². The third-order valence-electron chi connectivity index (χ3n) is 2.58. The minimum atomic E-state index is -0.247. The highest BCUT2D eigenvalue weighted by Crippen LogP contribution is 2.18. The Morgan fingerprint density at radius 1 is 1.50 bits per heavy atom. The van der Waals surface area contributed by atoms with E-state index in [0.29, 0.717) is 19.5 Å². The molecule has 0 spiro atoms. The summed E-state index contributed by atoms with van der Waals surface area (Å²) in [6, 6.07) is 4.65. The number of halogens is 1. The molecule has 4 N–H and O–H groups in total. The van der Waals surface area contributed by atoms with E-state index in [9.17, 15) is 4.39 Å². The molecule has 16 heavy (non-hydrogen) atoms. The SMILES string of the molecule is Cc1ccc(F)cc1C(CN)NCCCO. The molecule has 0 heterocycles. The summed E-state index contributed by atoms with van der Waals surface area (Å²) in [7, 11) is 0. The van der Waals surface area contributed by atoms with Crippen molar-refractivity contribution >= 4 is 0 Å². The first-order valence-electron chi connectivity index (χ1n) is 5.49. The Bertz CT molecular complexity index is 331. The van der Waals surface area contributed by atoms with Crippen LogP contribution in [-0.2, 0) is 0 Å². The van der Waals surface area contributed by atoms with E-state index in [-0.39, 0.29) is 18.5 Å². The van der Waals surface area contributed by atoms with Crippen molar-refractivity contribution in [3.63, 3.8) is 0 Å². The fourth-order valence-electron chi connectivity index (χ4n) is 1.66. The third kappa shape index (κ3) is 3.56. The maximum Gasteiger partial charge on any atom is 0.123 e. The number of nitrogens with two attached hydrogens (primary N) is 1. The van der Waals surface area contributed by atoms with Crippen LogP contribution in [0.2, 0.25) is 0 Å². The summed E-state index contributed by atoms with van der Waals surface area (Å²) in [5, 5.41) is 11.9. The molecule has 0 bridgehead atoms. The predicted octanol–water partition coefficient (Wildman–Crippen LogP) is 1.11. The highest BCUT2D eigenvalue weighted by Gasteiger charge is 2.11. The molecule has 0 radical (unpaired) electrons. The molecule has 0 aliphatic carbocycles. The predicted molar refractivity (Wildman–Crippen MR) is 62.6 cm³/mol. The Morgan fingerprint density at radius 2 is 2.25 bits per heavy atom. The van der Waals surface area contributed by atoms with E-state index in [4.69, 9.17) is 10.8 Å². The first-order valence-corrected chi connectivity index (χ1v) is 5.49. The van der Waals surface area contributed by atoms with E-state index >= 15 is 0 Å². The van der Waals surface area contributed by atoms with Gasteiger partial charge in [0.1, 0.15) is 5.82 Å². The monoisotopic (exact) mass is 226 g/mol. The molecule has 1 aromatic rings. The van der Waals surface area contributed by atoms with E-state index in [0.717, 1.165) is 11.1 Å². The Hall–Kier alpha value is -0.970. The molecule has 0 fully saturated rings. The Labute approximate surface area is 95.5 Å². The molecule has 0 aliphatic heterocycles. The smallest absolute Gasteiger partial charge is 0.123 e. The molecule has 1 unspecified atom stereocenters. The van der Waals surface area contributed by atoms with Crippen molar-refractivity contribution < 1.29 is 9.50 Å². The highest BCUT2D eigenvalue weighted by molar-refractivity contribution is 5.29. The van der Waals surface area contributed by atoms with Crippen molar-refractivity contribution in [2.75, 3.05) is 19.7 Å². The van der Waals surface area contributed by atoms with Crippen molar-refractivity contribution in [1.29, 1.82) is 0 Å². The molecule has 0 aliphatic rings. The van der Waals surface area contributed by atoms with Crippen molar-refractivity contribution in [2.24, 2.45) is 5.73 Å². The van der Waals surface area contributed by atoms with Gasteiger partial charge in [-0.3, -0.25) is 0 Å². The van der Waals surface area contributed by atoms with Crippen LogP contribution in [0, 0.1) is 12.7 Å². The largest absolute Gasteiger partial charge is 0.396 e. The van der Waals surface area contributed by atoms with Gasteiger partial charge in [-0.1, -0.05) is 6.07 Å². The number of benzene rings is 1. The maximum absolute atomic E-state index is 13.1. The van der Waals surface area contributed by atoms with Gasteiger partial charge in [-0.15, -0.1) is 0 Å². The average Bonchev–Trinajstić information content (AvgIpc) is 2.28. The molecule has 1 atom stereocenters. The van der Waals surface area contributed by atoms with Gasteiger partial charge in [0.2, 0.25) is 0 Å². The normalized spacial score (nSPS) is 12.8. The number of nitrogens with one attached hydrogen (secondary N) is 1. The quantitative estimate of drug-likeness (QED) is 0.637. The minimum absolute atomic E-state index is 0.0535. The number of hydrogen-bond acceptors (Lipinski definition) is 3. The van der Waals surface area contributed by atoms with Gasteiger partial charge < -0.3 is 16.2 Å². The van der Waals surface area contributed by atoms with Gasteiger partial charge in [0.25, 0.3) is 0 Å². The van der Waals surface area contributed by atoms with Crippen molar-refractivity contribution in [1.82, 2.24) is 5.32 Å². The molecule has 0 saturated carbocycles. The standard InChI is InChI=1S/C12H19FN2O/c1-9-3-4-10(13)7-11(9)12(8-14)15-5-2-6-16/h3-4,7,12,15-16H,2,5-6,8,14H2,1H3. The second kappa shape index (κ2) is 6.58. The van der Waals surface area contributed by atoms with E-state index in [1.54, 1.807) is 6.07 Å². The van der Waals surface area contributed by atoms with Crippen LogP contribution >= 0.6 is 0 Å². The van der Waals surface area contributed by atoms with E-state index < -0.39 is 0 Å². The second-order valence-corrected chi connectivity index (χ2v) is 3.82.